The Morgan fingerprint density at radius 3 is 2.59 bits per heavy atom. The molecule has 11 heteroatoms. The summed E-state index contributed by atoms with van der Waals surface area (Å²) in [6, 6.07) is 9.58. The highest BCUT2D eigenvalue weighted by molar-refractivity contribution is 14.1. The Balaban J connectivity index is 1.57. The fourth-order valence-electron chi connectivity index (χ4n) is 6.09. The molecule has 2 aromatic carbocycles. The number of hydrogen-bond acceptors (Lipinski definition) is 8. The number of aliphatic hydroxyl groups is 2. The zero-order valence-corrected chi connectivity index (χ0v) is 25.4. The van der Waals surface area contributed by atoms with E-state index in [9.17, 15) is 35.0 Å². The van der Waals surface area contributed by atoms with E-state index in [2.05, 4.69) is 0 Å². The number of anilines is 1. The van der Waals surface area contributed by atoms with Gasteiger partial charge in [0.1, 0.15) is 0 Å². The number of carbonyl (C=O) groups is 2. The number of allylic oxidation sites excluding steroid dienone is 2. The van der Waals surface area contributed by atoms with Crippen molar-refractivity contribution in [3.05, 3.63) is 62.3 Å². The predicted molar refractivity (Wildman–Crippen MR) is 165 cm³/mol. The lowest BCUT2D eigenvalue weighted by molar-refractivity contribution is -0.123. The molecule has 2 aliphatic rings. The number of imide groups is 1. The topological polar surface area (TPSA) is 148 Å². The number of aromatic hydroxyl groups is 1. The quantitative estimate of drug-likeness (QED) is 0.112. The molecule has 0 saturated carbocycles. The summed E-state index contributed by atoms with van der Waals surface area (Å²) in [4.78, 5) is 28.2. The van der Waals surface area contributed by atoms with Gasteiger partial charge >= 0.3 is 7.12 Å². The molecule has 0 spiro atoms. The number of methoxy groups -OCH3 is 1. The van der Waals surface area contributed by atoms with Crippen LogP contribution in [-0.2, 0) is 9.59 Å². The van der Waals surface area contributed by atoms with Crippen LogP contribution in [0.4, 0.5) is 5.69 Å². The van der Waals surface area contributed by atoms with Gasteiger partial charge in [-0.15, -0.1) is 0 Å². The minimum absolute atomic E-state index is 0.0835. The molecule has 0 bridgehead atoms. The van der Waals surface area contributed by atoms with Gasteiger partial charge in [-0.25, -0.2) is 0 Å². The van der Waals surface area contributed by atoms with Crippen LogP contribution in [-0.4, -0.2) is 64.1 Å². The number of phenols is 1. The highest BCUT2D eigenvalue weighted by Gasteiger charge is 2.55. The van der Waals surface area contributed by atoms with Gasteiger partial charge < -0.3 is 30.1 Å². The van der Waals surface area contributed by atoms with Crippen LogP contribution >= 0.6 is 22.6 Å². The number of phenolic OH excluding ortho intramolecular Hbond substituents is 1. The van der Waals surface area contributed by atoms with Crippen molar-refractivity contribution in [1.29, 1.82) is 0 Å². The van der Waals surface area contributed by atoms with Crippen LogP contribution in [0.2, 0.25) is 0 Å². The number of halogens is 1. The highest BCUT2D eigenvalue weighted by Crippen LogP contribution is 2.48. The van der Waals surface area contributed by atoms with Gasteiger partial charge in [-0.3, -0.25) is 14.5 Å². The van der Waals surface area contributed by atoms with E-state index in [0.717, 1.165) is 21.6 Å². The molecule has 0 aromatic heterocycles. The molecule has 0 radical (unpaired) electrons. The Labute approximate surface area is 253 Å². The SMILES string of the molecule is CCC1=C([C@H](O)CC/C(C)=C/c2cc(I)c(O)c(OC)c2)[C@H](CO)[C@@H]2C(=O)N(c3cccc(B(O)O)c3)C(=O)[C@@H]2C1. The van der Waals surface area contributed by atoms with E-state index in [-0.39, 0.29) is 29.4 Å². The van der Waals surface area contributed by atoms with Gasteiger partial charge in [0.25, 0.3) is 0 Å². The smallest absolute Gasteiger partial charge is 0.488 e. The van der Waals surface area contributed by atoms with Crippen LogP contribution < -0.4 is 15.1 Å². The van der Waals surface area contributed by atoms with E-state index in [4.69, 9.17) is 4.74 Å². The van der Waals surface area contributed by atoms with E-state index in [1.807, 2.05) is 48.6 Å². The maximum atomic E-state index is 13.7. The Bertz CT molecular complexity index is 1390. The lowest BCUT2D eigenvalue weighted by atomic mass is 9.67. The minimum atomic E-state index is -1.75. The lowest BCUT2D eigenvalue weighted by Gasteiger charge is -2.36. The standard InChI is InChI=1S/C30H35BINO8/c1-4-18-13-21-27(30(38)33(29(21)37)20-7-5-6-19(14-20)31(39)40)22(15-34)26(18)24(35)9-8-16(2)10-17-11-23(32)28(36)25(12-17)41-3/h5-7,10-12,14,21-22,24,27,34-36,39-40H,4,8-9,13,15H2,1-3H3/b16-10+/t21-,22+,24-,27-/m1/s1. The molecule has 1 saturated heterocycles. The Morgan fingerprint density at radius 1 is 1.22 bits per heavy atom. The van der Waals surface area contributed by atoms with Gasteiger partial charge in [0.2, 0.25) is 11.8 Å². The average Bonchev–Trinajstić information content (AvgIpc) is 3.21. The Kier molecular flexibility index (Phi) is 9.96. The first-order valence-electron chi connectivity index (χ1n) is 13.6. The van der Waals surface area contributed by atoms with Crippen molar-refractivity contribution in [3.63, 3.8) is 0 Å². The molecule has 9 nitrogen and oxygen atoms in total. The maximum Gasteiger partial charge on any atom is 0.488 e. The van der Waals surface area contributed by atoms with Gasteiger partial charge in [0.05, 0.1) is 40.9 Å². The van der Waals surface area contributed by atoms with Gasteiger partial charge in [-0.1, -0.05) is 36.3 Å². The number of amides is 2. The van der Waals surface area contributed by atoms with Crippen LogP contribution in [0, 0.1) is 21.3 Å². The molecule has 1 aliphatic carbocycles. The number of nitrogens with zero attached hydrogens (tertiary/aromatic N) is 1. The second-order valence-corrected chi connectivity index (χ2v) is 11.8. The van der Waals surface area contributed by atoms with Crippen molar-refractivity contribution in [2.45, 2.75) is 45.6 Å². The van der Waals surface area contributed by atoms with Crippen molar-refractivity contribution in [2.75, 3.05) is 18.6 Å². The van der Waals surface area contributed by atoms with Crippen molar-refractivity contribution in [3.8, 4) is 11.5 Å². The van der Waals surface area contributed by atoms with Crippen molar-refractivity contribution < 1.29 is 39.7 Å². The Morgan fingerprint density at radius 2 is 1.95 bits per heavy atom. The van der Waals surface area contributed by atoms with Gasteiger partial charge in [0.15, 0.2) is 11.5 Å². The van der Waals surface area contributed by atoms with E-state index >= 15 is 0 Å². The molecule has 218 valence electrons. The highest BCUT2D eigenvalue weighted by atomic mass is 127. The maximum absolute atomic E-state index is 13.7. The average molecular weight is 675 g/mol. The lowest BCUT2D eigenvalue weighted by Crippen LogP contribution is -2.39. The van der Waals surface area contributed by atoms with Crippen LogP contribution in [0.3, 0.4) is 0 Å². The second kappa shape index (κ2) is 13.1. The van der Waals surface area contributed by atoms with Crippen molar-refractivity contribution >= 4 is 58.7 Å². The summed E-state index contributed by atoms with van der Waals surface area (Å²) in [6.45, 7) is 3.50. The van der Waals surface area contributed by atoms with Crippen LogP contribution in [0.25, 0.3) is 6.08 Å². The molecule has 1 fully saturated rings. The molecule has 2 aromatic rings. The van der Waals surface area contributed by atoms with Gasteiger partial charge in [-0.05, 0) is 96.1 Å². The van der Waals surface area contributed by atoms with Crippen molar-refractivity contribution in [1.82, 2.24) is 0 Å². The third-order valence-electron chi connectivity index (χ3n) is 8.09. The summed E-state index contributed by atoms with van der Waals surface area (Å²) in [5.41, 5.74) is 3.75. The number of aliphatic hydroxyl groups excluding tert-OH is 2. The molecule has 1 aliphatic heterocycles. The molecular weight excluding hydrogens is 640 g/mol. The molecule has 4 atom stereocenters. The first-order valence-corrected chi connectivity index (χ1v) is 14.7. The second-order valence-electron chi connectivity index (χ2n) is 10.6. The number of hydrogen-bond donors (Lipinski definition) is 5. The molecule has 2 amide bonds. The van der Waals surface area contributed by atoms with E-state index in [0.29, 0.717) is 40.6 Å². The van der Waals surface area contributed by atoms with E-state index in [1.165, 1.54) is 19.2 Å². The van der Waals surface area contributed by atoms with E-state index < -0.39 is 36.9 Å². The van der Waals surface area contributed by atoms with Crippen molar-refractivity contribution in [2.24, 2.45) is 17.8 Å². The fraction of sp³-hybridized carbons (Fsp3) is 0.400. The number of benzene rings is 2. The summed E-state index contributed by atoms with van der Waals surface area (Å²) < 4.78 is 5.90. The van der Waals surface area contributed by atoms with Gasteiger partial charge in [-0.2, -0.15) is 0 Å². The molecular formula is C30H35BINO8. The largest absolute Gasteiger partial charge is 0.504 e. The zero-order valence-electron chi connectivity index (χ0n) is 23.2. The Hall–Kier alpha value is -2.71. The summed E-state index contributed by atoms with van der Waals surface area (Å²) in [5.74, 6) is -2.59. The van der Waals surface area contributed by atoms with Crippen LogP contribution in [0.15, 0.2) is 53.1 Å². The summed E-state index contributed by atoms with van der Waals surface area (Å²) in [6.07, 6.45) is 2.84. The number of ether oxygens (including phenoxy) is 1. The zero-order chi connectivity index (χ0) is 30.0. The molecule has 41 heavy (non-hydrogen) atoms. The predicted octanol–water partition coefficient (Wildman–Crippen LogP) is 2.75. The fourth-order valence-corrected chi connectivity index (χ4v) is 6.71. The number of rotatable bonds is 10. The van der Waals surface area contributed by atoms with E-state index in [1.54, 1.807) is 18.2 Å². The van der Waals surface area contributed by atoms with Gasteiger partial charge in [0, 0.05) is 5.92 Å². The number of fused-ring (bicyclic) bond motifs is 1. The molecule has 0 unspecified atom stereocenters. The normalized spacial score (nSPS) is 21.8. The molecule has 1 heterocycles. The molecule has 5 N–H and O–H groups in total. The summed E-state index contributed by atoms with van der Waals surface area (Å²) in [7, 11) is -0.256. The third kappa shape index (κ3) is 6.24. The minimum Gasteiger partial charge on any atom is -0.504 e. The third-order valence-corrected chi connectivity index (χ3v) is 8.91. The first-order chi connectivity index (χ1) is 19.5. The summed E-state index contributed by atoms with van der Waals surface area (Å²) >= 11 is 2.04. The summed E-state index contributed by atoms with van der Waals surface area (Å²) in [5, 5.41) is 51.1. The van der Waals surface area contributed by atoms with Crippen LogP contribution in [0.1, 0.15) is 45.1 Å². The van der Waals surface area contributed by atoms with Crippen LogP contribution in [0.5, 0.6) is 11.5 Å². The monoisotopic (exact) mass is 675 g/mol. The molecule has 4 rings (SSSR count). The first kappa shape index (κ1) is 31.2. The number of carbonyl (C=O) groups excluding carboxylic acids is 2.